The maximum Gasteiger partial charge on any atom is 0.282 e. The van der Waals surface area contributed by atoms with Gasteiger partial charge in [-0.2, -0.15) is 0 Å². The molecule has 0 atom stereocenters. The SMILES string of the molecule is CC(=O)N1/C(=C/c2cc3cc(C)ccc3[nH+]c2N2CCOCC2)C(=O)c2ccccc21. The van der Waals surface area contributed by atoms with Crippen LogP contribution in [0.3, 0.4) is 0 Å². The number of fused-ring (bicyclic) bond motifs is 2. The van der Waals surface area contributed by atoms with Gasteiger partial charge in [0.05, 0.1) is 30.2 Å². The number of ether oxygens (including phenoxy) is 1. The number of H-pyrrole nitrogens is 1. The van der Waals surface area contributed by atoms with E-state index in [-0.39, 0.29) is 11.7 Å². The monoisotopic (exact) mass is 414 g/mol. The van der Waals surface area contributed by atoms with E-state index in [1.807, 2.05) is 24.3 Å². The number of carbonyl (C=O) groups is 2. The molecule has 1 aromatic heterocycles. The van der Waals surface area contributed by atoms with Crippen molar-refractivity contribution in [1.82, 2.24) is 0 Å². The van der Waals surface area contributed by atoms with Gasteiger partial charge in [0.25, 0.3) is 5.82 Å². The summed E-state index contributed by atoms with van der Waals surface area (Å²) in [6.45, 7) is 6.37. The van der Waals surface area contributed by atoms with Crippen molar-refractivity contribution in [1.29, 1.82) is 0 Å². The van der Waals surface area contributed by atoms with Crippen LogP contribution in [0.15, 0.2) is 54.2 Å². The lowest BCUT2D eigenvalue weighted by atomic mass is 10.1. The number of aryl methyl sites for hydroxylation is 1. The molecule has 6 heteroatoms. The van der Waals surface area contributed by atoms with Crippen molar-refractivity contribution >= 4 is 40.2 Å². The molecule has 2 aromatic carbocycles. The number of aromatic amines is 1. The third-order valence-electron chi connectivity index (χ3n) is 5.84. The van der Waals surface area contributed by atoms with Gasteiger partial charge in [-0.3, -0.25) is 19.4 Å². The van der Waals surface area contributed by atoms with Gasteiger partial charge in [0.1, 0.15) is 18.6 Å². The highest BCUT2D eigenvalue weighted by atomic mass is 16.5. The van der Waals surface area contributed by atoms with E-state index in [9.17, 15) is 9.59 Å². The molecule has 0 saturated carbocycles. The van der Waals surface area contributed by atoms with E-state index in [0.717, 1.165) is 40.9 Å². The molecule has 0 aliphatic carbocycles. The minimum atomic E-state index is -0.182. The minimum absolute atomic E-state index is 0.136. The number of nitrogens with one attached hydrogen (secondary N) is 1. The second kappa shape index (κ2) is 7.63. The van der Waals surface area contributed by atoms with Gasteiger partial charge in [0, 0.05) is 17.9 Å². The molecule has 1 N–H and O–H groups in total. The van der Waals surface area contributed by atoms with Gasteiger partial charge in [-0.1, -0.05) is 23.8 Å². The molecular weight excluding hydrogens is 390 g/mol. The number of para-hydroxylation sites is 1. The highest BCUT2D eigenvalue weighted by Crippen LogP contribution is 2.36. The van der Waals surface area contributed by atoms with Crippen molar-refractivity contribution < 1.29 is 19.3 Å². The van der Waals surface area contributed by atoms with Crippen molar-refractivity contribution in [2.75, 3.05) is 36.1 Å². The number of carbonyl (C=O) groups excluding carboxylic acids is 2. The van der Waals surface area contributed by atoms with Crippen LogP contribution in [0.25, 0.3) is 17.0 Å². The average Bonchev–Trinajstić information content (AvgIpc) is 3.06. The molecule has 2 aliphatic rings. The number of benzene rings is 2. The standard InChI is InChI=1S/C25H23N3O3/c1-16-7-8-21-18(13-16)14-19(25(26-21)27-9-11-31-12-10-27)15-23-24(30)20-5-3-4-6-22(20)28(23)17(2)29/h3-8,13-15H,9-12H2,1-2H3/p+1/b23-15+. The Kier molecular flexibility index (Phi) is 4.79. The summed E-state index contributed by atoms with van der Waals surface area (Å²) < 4.78 is 5.53. The molecule has 2 aliphatic heterocycles. The maximum absolute atomic E-state index is 13.2. The van der Waals surface area contributed by atoms with Crippen molar-refractivity contribution in [3.05, 3.63) is 70.9 Å². The topological polar surface area (TPSA) is 64.0 Å². The molecule has 1 saturated heterocycles. The number of amides is 1. The van der Waals surface area contributed by atoms with Gasteiger partial charge in [-0.15, -0.1) is 0 Å². The second-order valence-electron chi connectivity index (χ2n) is 7.99. The first-order valence-electron chi connectivity index (χ1n) is 10.5. The lowest BCUT2D eigenvalue weighted by Crippen LogP contribution is -2.40. The minimum Gasteiger partial charge on any atom is -0.373 e. The Balaban J connectivity index is 1.70. The number of morpholine rings is 1. The van der Waals surface area contributed by atoms with E-state index in [1.165, 1.54) is 11.8 Å². The van der Waals surface area contributed by atoms with Gasteiger partial charge in [0.15, 0.2) is 0 Å². The lowest BCUT2D eigenvalue weighted by molar-refractivity contribution is -0.331. The molecule has 3 aromatic rings. The number of allylic oxidation sites excluding steroid dienone is 1. The molecule has 0 radical (unpaired) electrons. The van der Waals surface area contributed by atoms with Gasteiger partial charge in [-0.25, -0.2) is 4.98 Å². The Hall–Kier alpha value is -3.51. The number of anilines is 2. The maximum atomic E-state index is 13.2. The normalized spacial score (nSPS) is 17.5. The first-order valence-corrected chi connectivity index (χ1v) is 10.5. The first kappa shape index (κ1) is 19.5. The summed E-state index contributed by atoms with van der Waals surface area (Å²) in [6, 6.07) is 15.6. The second-order valence-corrected chi connectivity index (χ2v) is 7.99. The summed E-state index contributed by atoms with van der Waals surface area (Å²) in [5, 5.41) is 1.06. The van der Waals surface area contributed by atoms with E-state index >= 15 is 0 Å². The summed E-state index contributed by atoms with van der Waals surface area (Å²) in [4.78, 5) is 33.0. The Morgan fingerprint density at radius 1 is 1.10 bits per heavy atom. The average molecular weight is 414 g/mol. The Morgan fingerprint density at radius 3 is 2.65 bits per heavy atom. The Morgan fingerprint density at radius 2 is 1.87 bits per heavy atom. The molecule has 3 heterocycles. The molecule has 156 valence electrons. The number of ketones is 1. The van der Waals surface area contributed by atoms with Crippen LogP contribution in [0.2, 0.25) is 0 Å². The van der Waals surface area contributed by atoms with E-state index in [0.29, 0.717) is 30.2 Å². The number of rotatable bonds is 2. The van der Waals surface area contributed by atoms with Gasteiger partial charge in [0.2, 0.25) is 11.7 Å². The molecule has 1 fully saturated rings. The summed E-state index contributed by atoms with van der Waals surface area (Å²) >= 11 is 0. The third-order valence-corrected chi connectivity index (χ3v) is 5.84. The van der Waals surface area contributed by atoms with Gasteiger partial charge < -0.3 is 4.74 Å². The quantitative estimate of drug-likeness (QED) is 0.603. The number of nitrogens with zero attached hydrogens (tertiary/aromatic N) is 2. The number of pyridine rings is 1. The molecule has 0 spiro atoms. The summed E-state index contributed by atoms with van der Waals surface area (Å²) in [6.07, 6.45) is 1.84. The van der Waals surface area contributed by atoms with Crippen molar-refractivity contribution in [2.24, 2.45) is 0 Å². The van der Waals surface area contributed by atoms with E-state index in [2.05, 4.69) is 41.1 Å². The van der Waals surface area contributed by atoms with Gasteiger partial charge in [-0.05, 0) is 43.3 Å². The fourth-order valence-corrected chi connectivity index (χ4v) is 4.36. The molecule has 0 bridgehead atoms. The first-order chi connectivity index (χ1) is 15.0. The Labute approximate surface area is 180 Å². The van der Waals surface area contributed by atoms with Crippen LogP contribution in [0.1, 0.15) is 28.4 Å². The van der Waals surface area contributed by atoms with Gasteiger partial charge >= 0.3 is 0 Å². The summed E-state index contributed by atoms with van der Waals surface area (Å²) in [7, 11) is 0. The number of hydrogen-bond acceptors (Lipinski definition) is 4. The molecular formula is C25H24N3O3+. The summed E-state index contributed by atoms with van der Waals surface area (Å²) in [5.74, 6) is 0.612. The van der Waals surface area contributed by atoms with Crippen LogP contribution in [-0.2, 0) is 9.53 Å². The predicted molar refractivity (Wildman–Crippen MR) is 120 cm³/mol. The zero-order valence-electron chi connectivity index (χ0n) is 17.6. The molecule has 6 nitrogen and oxygen atoms in total. The highest BCUT2D eigenvalue weighted by Gasteiger charge is 2.35. The fraction of sp³-hybridized carbons (Fsp3) is 0.240. The predicted octanol–water partition coefficient (Wildman–Crippen LogP) is 3.39. The molecule has 1 amide bonds. The van der Waals surface area contributed by atoms with Crippen LogP contribution in [0.5, 0.6) is 0 Å². The molecule has 31 heavy (non-hydrogen) atoms. The summed E-state index contributed by atoms with van der Waals surface area (Å²) in [5.41, 5.74) is 4.63. The largest absolute Gasteiger partial charge is 0.373 e. The number of Topliss-reactive ketones (excluding diaryl/α,β-unsaturated/α-hetero) is 1. The van der Waals surface area contributed by atoms with E-state index in [4.69, 9.17) is 4.74 Å². The van der Waals surface area contributed by atoms with Crippen LogP contribution in [0, 0.1) is 6.92 Å². The highest BCUT2D eigenvalue weighted by molar-refractivity contribution is 6.26. The molecule has 0 unspecified atom stereocenters. The van der Waals surface area contributed by atoms with Crippen LogP contribution in [0.4, 0.5) is 11.5 Å². The zero-order valence-corrected chi connectivity index (χ0v) is 17.6. The van der Waals surface area contributed by atoms with Crippen molar-refractivity contribution in [2.45, 2.75) is 13.8 Å². The van der Waals surface area contributed by atoms with Crippen LogP contribution >= 0.6 is 0 Å². The third kappa shape index (κ3) is 3.39. The smallest absolute Gasteiger partial charge is 0.282 e. The van der Waals surface area contributed by atoms with Crippen molar-refractivity contribution in [3.8, 4) is 0 Å². The fourth-order valence-electron chi connectivity index (χ4n) is 4.36. The zero-order chi connectivity index (χ0) is 21.5. The van der Waals surface area contributed by atoms with Crippen LogP contribution < -0.4 is 14.8 Å². The van der Waals surface area contributed by atoms with Crippen molar-refractivity contribution in [3.63, 3.8) is 0 Å². The molecule has 5 rings (SSSR count). The number of aromatic nitrogens is 1. The van der Waals surface area contributed by atoms with E-state index in [1.54, 1.807) is 6.07 Å². The number of hydrogen-bond donors (Lipinski definition) is 0. The van der Waals surface area contributed by atoms with Crippen LogP contribution in [-0.4, -0.2) is 38.0 Å². The van der Waals surface area contributed by atoms with E-state index < -0.39 is 0 Å². The Bertz CT molecular complexity index is 1240. The lowest BCUT2D eigenvalue weighted by Gasteiger charge is -2.23.